The standard InChI is InChI=1S/C12H17ClN2/c1-10-4-6-15(7-5-10)9-11-2-3-12(13)14-8-11/h2-3,8,10H,4-7,9H2,1H3. The molecule has 0 atom stereocenters. The second kappa shape index (κ2) is 4.95. The molecule has 1 aromatic heterocycles. The molecular formula is C12H17ClN2. The summed E-state index contributed by atoms with van der Waals surface area (Å²) in [6.45, 7) is 5.77. The average Bonchev–Trinajstić information content (AvgIpc) is 2.25. The second-order valence-corrected chi connectivity index (χ2v) is 4.84. The van der Waals surface area contributed by atoms with Crippen molar-refractivity contribution in [2.75, 3.05) is 13.1 Å². The maximum Gasteiger partial charge on any atom is 0.129 e. The normalized spacial score (nSPS) is 19.3. The summed E-state index contributed by atoms with van der Waals surface area (Å²) in [6, 6.07) is 3.93. The number of likely N-dealkylation sites (tertiary alicyclic amines) is 1. The predicted molar refractivity (Wildman–Crippen MR) is 62.9 cm³/mol. The van der Waals surface area contributed by atoms with Crippen LogP contribution in [-0.2, 0) is 6.54 Å². The van der Waals surface area contributed by atoms with Crippen LogP contribution in [0, 0.1) is 5.92 Å². The Bertz CT molecular complexity index is 302. The van der Waals surface area contributed by atoms with Crippen molar-refractivity contribution < 1.29 is 0 Å². The Balaban J connectivity index is 1.89. The molecule has 2 heterocycles. The first-order chi connectivity index (χ1) is 7.24. The Labute approximate surface area is 96.3 Å². The van der Waals surface area contributed by atoms with Crippen LogP contribution in [0.3, 0.4) is 0 Å². The summed E-state index contributed by atoms with van der Waals surface area (Å²) in [5, 5.41) is 0.575. The molecule has 0 bridgehead atoms. The molecule has 0 unspecified atom stereocenters. The summed E-state index contributed by atoms with van der Waals surface area (Å²) >= 11 is 5.75. The lowest BCUT2D eigenvalue weighted by Crippen LogP contribution is -2.32. The number of piperidine rings is 1. The third-order valence-electron chi connectivity index (χ3n) is 3.07. The van der Waals surface area contributed by atoms with Gasteiger partial charge < -0.3 is 0 Å². The van der Waals surface area contributed by atoms with Gasteiger partial charge >= 0.3 is 0 Å². The first-order valence-corrected chi connectivity index (χ1v) is 5.94. The molecule has 0 N–H and O–H groups in total. The molecule has 2 nitrogen and oxygen atoms in total. The highest BCUT2D eigenvalue weighted by Crippen LogP contribution is 2.18. The Hall–Kier alpha value is -0.600. The predicted octanol–water partition coefficient (Wildman–Crippen LogP) is 2.97. The molecule has 1 aromatic rings. The summed E-state index contributed by atoms with van der Waals surface area (Å²) in [5.41, 5.74) is 1.26. The van der Waals surface area contributed by atoms with Crippen molar-refractivity contribution in [3.8, 4) is 0 Å². The van der Waals surface area contributed by atoms with Gasteiger partial charge in [0, 0.05) is 12.7 Å². The molecule has 82 valence electrons. The van der Waals surface area contributed by atoms with Gasteiger partial charge in [-0.2, -0.15) is 0 Å². The van der Waals surface area contributed by atoms with Crippen LogP contribution < -0.4 is 0 Å². The van der Waals surface area contributed by atoms with E-state index in [2.05, 4.69) is 22.9 Å². The molecule has 0 aliphatic carbocycles. The van der Waals surface area contributed by atoms with E-state index in [-0.39, 0.29) is 0 Å². The van der Waals surface area contributed by atoms with Gasteiger partial charge in [0.05, 0.1) is 0 Å². The number of hydrogen-bond donors (Lipinski definition) is 0. The van der Waals surface area contributed by atoms with Crippen molar-refractivity contribution >= 4 is 11.6 Å². The molecule has 1 aliphatic rings. The Morgan fingerprint density at radius 1 is 1.40 bits per heavy atom. The van der Waals surface area contributed by atoms with E-state index < -0.39 is 0 Å². The maximum absolute atomic E-state index is 5.75. The molecule has 0 radical (unpaired) electrons. The zero-order chi connectivity index (χ0) is 10.7. The molecule has 1 fully saturated rings. The van der Waals surface area contributed by atoms with E-state index in [9.17, 15) is 0 Å². The number of hydrogen-bond acceptors (Lipinski definition) is 2. The van der Waals surface area contributed by atoms with Crippen molar-refractivity contribution in [2.24, 2.45) is 5.92 Å². The quantitative estimate of drug-likeness (QED) is 0.719. The zero-order valence-electron chi connectivity index (χ0n) is 9.12. The van der Waals surface area contributed by atoms with Crippen LogP contribution in [-0.4, -0.2) is 23.0 Å². The van der Waals surface area contributed by atoms with Crippen LogP contribution in [0.15, 0.2) is 18.3 Å². The van der Waals surface area contributed by atoms with Crippen molar-refractivity contribution in [2.45, 2.75) is 26.3 Å². The number of pyridine rings is 1. The highest BCUT2D eigenvalue weighted by molar-refractivity contribution is 6.29. The molecule has 15 heavy (non-hydrogen) atoms. The monoisotopic (exact) mass is 224 g/mol. The number of aromatic nitrogens is 1. The minimum Gasteiger partial charge on any atom is -0.299 e. The van der Waals surface area contributed by atoms with Gasteiger partial charge in [-0.25, -0.2) is 4.98 Å². The number of rotatable bonds is 2. The van der Waals surface area contributed by atoms with E-state index in [4.69, 9.17) is 11.6 Å². The molecule has 3 heteroatoms. The molecule has 1 aliphatic heterocycles. The molecule has 0 aromatic carbocycles. The van der Waals surface area contributed by atoms with Gasteiger partial charge in [0.25, 0.3) is 0 Å². The van der Waals surface area contributed by atoms with Crippen LogP contribution in [0.2, 0.25) is 5.15 Å². The van der Waals surface area contributed by atoms with Gasteiger partial charge in [0.15, 0.2) is 0 Å². The van der Waals surface area contributed by atoms with E-state index >= 15 is 0 Å². The SMILES string of the molecule is CC1CCN(Cc2ccc(Cl)nc2)CC1. The topological polar surface area (TPSA) is 16.1 Å². The summed E-state index contributed by atoms with van der Waals surface area (Å²) in [6.07, 6.45) is 4.52. The fourth-order valence-electron chi connectivity index (χ4n) is 1.98. The fourth-order valence-corrected chi connectivity index (χ4v) is 2.09. The molecular weight excluding hydrogens is 208 g/mol. The average molecular weight is 225 g/mol. The van der Waals surface area contributed by atoms with Crippen LogP contribution in [0.25, 0.3) is 0 Å². The van der Waals surface area contributed by atoms with Crippen molar-refractivity contribution in [3.63, 3.8) is 0 Å². The zero-order valence-corrected chi connectivity index (χ0v) is 9.87. The molecule has 0 spiro atoms. The summed E-state index contributed by atoms with van der Waals surface area (Å²) in [4.78, 5) is 6.59. The summed E-state index contributed by atoms with van der Waals surface area (Å²) < 4.78 is 0. The third kappa shape index (κ3) is 3.18. The summed E-state index contributed by atoms with van der Waals surface area (Å²) in [5.74, 6) is 0.893. The summed E-state index contributed by atoms with van der Waals surface area (Å²) in [7, 11) is 0. The van der Waals surface area contributed by atoms with E-state index in [1.807, 2.05) is 12.3 Å². The van der Waals surface area contributed by atoms with E-state index in [0.717, 1.165) is 12.5 Å². The van der Waals surface area contributed by atoms with Crippen LogP contribution in [0.4, 0.5) is 0 Å². The van der Waals surface area contributed by atoms with E-state index in [0.29, 0.717) is 5.15 Å². The lowest BCUT2D eigenvalue weighted by Gasteiger charge is -2.30. The van der Waals surface area contributed by atoms with Gasteiger partial charge in [-0.15, -0.1) is 0 Å². The number of halogens is 1. The molecule has 2 rings (SSSR count). The van der Waals surface area contributed by atoms with Gasteiger partial charge in [-0.05, 0) is 43.5 Å². The highest BCUT2D eigenvalue weighted by atomic mass is 35.5. The third-order valence-corrected chi connectivity index (χ3v) is 3.29. The first kappa shape index (κ1) is 10.9. The Morgan fingerprint density at radius 2 is 2.13 bits per heavy atom. The molecule has 0 amide bonds. The first-order valence-electron chi connectivity index (χ1n) is 5.57. The maximum atomic E-state index is 5.75. The molecule has 1 saturated heterocycles. The van der Waals surface area contributed by atoms with Crippen molar-refractivity contribution in [1.29, 1.82) is 0 Å². The van der Waals surface area contributed by atoms with Crippen molar-refractivity contribution in [3.05, 3.63) is 29.0 Å². The van der Waals surface area contributed by atoms with Crippen LogP contribution in [0.1, 0.15) is 25.3 Å². The van der Waals surface area contributed by atoms with E-state index in [1.165, 1.54) is 31.5 Å². The second-order valence-electron chi connectivity index (χ2n) is 4.45. The number of nitrogens with zero attached hydrogens (tertiary/aromatic N) is 2. The smallest absolute Gasteiger partial charge is 0.129 e. The lowest BCUT2D eigenvalue weighted by atomic mass is 9.99. The minimum atomic E-state index is 0.575. The fraction of sp³-hybridized carbons (Fsp3) is 0.583. The van der Waals surface area contributed by atoms with E-state index in [1.54, 1.807) is 0 Å². The Morgan fingerprint density at radius 3 is 2.73 bits per heavy atom. The van der Waals surface area contributed by atoms with Gasteiger partial charge in [0.1, 0.15) is 5.15 Å². The lowest BCUT2D eigenvalue weighted by molar-refractivity contribution is 0.185. The van der Waals surface area contributed by atoms with Crippen LogP contribution >= 0.6 is 11.6 Å². The van der Waals surface area contributed by atoms with Crippen molar-refractivity contribution in [1.82, 2.24) is 9.88 Å². The largest absolute Gasteiger partial charge is 0.299 e. The van der Waals surface area contributed by atoms with Gasteiger partial charge in [-0.3, -0.25) is 4.90 Å². The molecule has 0 saturated carbocycles. The minimum absolute atomic E-state index is 0.575. The van der Waals surface area contributed by atoms with Gasteiger partial charge in [0.2, 0.25) is 0 Å². The highest BCUT2D eigenvalue weighted by Gasteiger charge is 2.15. The van der Waals surface area contributed by atoms with Gasteiger partial charge in [-0.1, -0.05) is 24.6 Å². The van der Waals surface area contributed by atoms with Crippen LogP contribution in [0.5, 0.6) is 0 Å². The Kier molecular flexibility index (Phi) is 3.60.